The Morgan fingerprint density at radius 2 is 1.29 bits per heavy atom. The standard InChI is InChI=1S/C12H23NO4.C4H8/c1-3-5-16-9-11(14)7-13-8-12(15)10-17-6-4-2;1-3-4-2/h3-4,11-15H,1-2,5-10H2;3H,1,4H2,2H3. The van der Waals surface area contributed by atoms with Crippen molar-refractivity contribution in [2.75, 3.05) is 39.5 Å². The van der Waals surface area contributed by atoms with Gasteiger partial charge in [0.1, 0.15) is 0 Å². The summed E-state index contributed by atoms with van der Waals surface area (Å²) in [4.78, 5) is 0. The summed E-state index contributed by atoms with van der Waals surface area (Å²) in [6.07, 6.45) is 5.04. The Kier molecular flexibility index (Phi) is 20.2. The Hall–Kier alpha value is -0.980. The summed E-state index contributed by atoms with van der Waals surface area (Å²) in [7, 11) is 0. The second-order valence-electron chi connectivity index (χ2n) is 4.32. The van der Waals surface area contributed by atoms with Crippen LogP contribution in [0.4, 0.5) is 0 Å². The molecule has 5 nitrogen and oxygen atoms in total. The van der Waals surface area contributed by atoms with Gasteiger partial charge in [-0.2, -0.15) is 0 Å². The lowest BCUT2D eigenvalue weighted by molar-refractivity contribution is 0.0350. The SMILES string of the molecule is C=CCC.C=CCOCC(O)CNCC(O)COCC=C. The van der Waals surface area contributed by atoms with Crippen molar-refractivity contribution in [2.24, 2.45) is 0 Å². The molecule has 0 fully saturated rings. The van der Waals surface area contributed by atoms with Crippen molar-refractivity contribution >= 4 is 0 Å². The van der Waals surface area contributed by atoms with Gasteiger partial charge in [0, 0.05) is 13.1 Å². The molecule has 2 atom stereocenters. The lowest BCUT2D eigenvalue weighted by Crippen LogP contribution is -2.36. The zero-order chi connectivity index (χ0) is 16.3. The van der Waals surface area contributed by atoms with E-state index in [1.165, 1.54) is 0 Å². The van der Waals surface area contributed by atoms with E-state index in [4.69, 9.17) is 9.47 Å². The van der Waals surface area contributed by atoms with Crippen LogP contribution < -0.4 is 5.32 Å². The summed E-state index contributed by atoms with van der Waals surface area (Å²) in [5, 5.41) is 21.8. The molecule has 0 aliphatic heterocycles. The van der Waals surface area contributed by atoms with Crippen molar-refractivity contribution in [1.82, 2.24) is 5.32 Å². The van der Waals surface area contributed by atoms with Crippen LogP contribution in [0.3, 0.4) is 0 Å². The minimum absolute atomic E-state index is 0.252. The van der Waals surface area contributed by atoms with Crippen LogP contribution in [0.15, 0.2) is 38.0 Å². The zero-order valence-electron chi connectivity index (χ0n) is 13.2. The maximum absolute atomic E-state index is 9.45. The zero-order valence-corrected chi connectivity index (χ0v) is 13.2. The van der Waals surface area contributed by atoms with E-state index in [9.17, 15) is 10.2 Å². The minimum atomic E-state index is -0.587. The van der Waals surface area contributed by atoms with Gasteiger partial charge in [0.05, 0.1) is 38.6 Å². The first kappa shape index (κ1) is 22.3. The third-order valence-corrected chi connectivity index (χ3v) is 2.14. The maximum Gasteiger partial charge on any atom is 0.0897 e. The van der Waals surface area contributed by atoms with Crippen LogP contribution in [0, 0.1) is 0 Å². The quantitative estimate of drug-likeness (QED) is 0.353. The molecule has 3 N–H and O–H groups in total. The Labute approximate surface area is 129 Å². The second kappa shape index (κ2) is 19.0. The van der Waals surface area contributed by atoms with E-state index in [0.717, 1.165) is 6.42 Å². The molecule has 0 saturated heterocycles. The van der Waals surface area contributed by atoms with Gasteiger partial charge >= 0.3 is 0 Å². The molecule has 0 radical (unpaired) electrons. The molecule has 0 bridgehead atoms. The van der Waals surface area contributed by atoms with E-state index >= 15 is 0 Å². The second-order valence-corrected chi connectivity index (χ2v) is 4.32. The number of rotatable bonds is 13. The highest BCUT2D eigenvalue weighted by molar-refractivity contribution is 4.68. The number of aliphatic hydroxyl groups is 2. The van der Waals surface area contributed by atoms with Gasteiger partial charge in [-0.25, -0.2) is 0 Å². The first-order chi connectivity index (χ1) is 10.1. The fourth-order valence-electron chi connectivity index (χ4n) is 1.11. The number of ether oxygens (including phenoxy) is 2. The molecule has 0 saturated carbocycles. The van der Waals surface area contributed by atoms with Crippen molar-refractivity contribution in [3.63, 3.8) is 0 Å². The van der Waals surface area contributed by atoms with Crippen molar-refractivity contribution in [1.29, 1.82) is 0 Å². The average molecular weight is 301 g/mol. The molecule has 0 aliphatic rings. The fourth-order valence-corrected chi connectivity index (χ4v) is 1.11. The summed E-state index contributed by atoms with van der Waals surface area (Å²) < 4.78 is 10.2. The Morgan fingerprint density at radius 1 is 0.905 bits per heavy atom. The molecule has 2 unspecified atom stereocenters. The lowest BCUT2D eigenvalue weighted by atomic mass is 10.3. The van der Waals surface area contributed by atoms with Crippen molar-refractivity contribution in [2.45, 2.75) is 25.6 Å². The first-order valence-electron chi connectivity index (χ1n) is 7.17. The van der Waals surface area contributed by atoms with Gasteiger partial charge in [-0.15, -0.1) is 19.7 Å². The van der Waals surface area contributed by atoms with Gasteiger partial charge in [0.15, 0.2) is 0 Å². The molecule has 0 aromatic carbocycles. The molecule has 0 rings (SSSR count). The van der Waals surface area contributed by atoms with Gasteiger partial charge in [-0.3, -0.25) is 0 Å². The van der Waals surface area contributed by atoms with Gasteiger partial charge in [-0.1, -0.05) is 25.2 Å². The molecular weight excluding hydrogens is 270 g/mol. The summed E-state index contributed by atoms with van der Waals surface area (Å²) in [5.41, 5.74) is 0. The van der Waals surface area contributed by atoms with E-state index < -0.39 is 12.2 Å². The molecule has 21 heavy (non-hydrogen) atoms. The summed E-state index contributed by atoms with van der Waals surface area (Å²) in [6.45, 7) is 14.6. The highest BCUT2D eigenvalue weighted by atomic mass is 16.5. The molecule has 0 aromatic rings. The highest BCUT2D eigenvalue weighted by Gasteiger charge is 2.06. The van der Waals surface area contributed by atoms with Crippen LogP contribution in [-0.2, 0) is 9.47 Å². The Balaban J connectivity index is 0. The molecule has 0 heterocycles. The number of hydrogen-bond donors (Lipinski definition) is 3. The monoisotopic (exact) mass is 301 g/mol. The normalized spacial score (nSPS) is 12.7. The van der Waals surface area contributed by atoms with E-state index in [1.807, 2.05) is 6.08 Å². The molecule has 5 heteroatoms. The minimum Gasteiger partial charge on any atom is -0.389 e. The van der Waals surface area contributed by atoms with Crippen LogP contribution >= 0.6 is 0 Å². The van der Waals surface area contributed by atoms with Gasteiger partial charge in [0.2, 0.25) is 0 Å². The predicted molar refractivity (Wildman–Crippen MR) is 87.4 cm³/mol. The topological polar surface area (TPSA) is 71.0 Å². The van der Waals surface area contributed by atoms with Crippen LogP contribution in [0.2, 0.25) is 0 Å². The summed E-state index contributed by atoms with van der Waals surface area (Å²) in [6, 6.07) is 0. The molecular formula is C16H31NO4. The fraction of sp³-hybridized carbons (Fsp3) is 0.625. The van der Waals surface area contributed by atoms with Crippen molar-refractivity contribution < 1.29 is 19.7 Å². The molecule has 0 aliphatic carbocycles. The molecule has 0 aromatic heterocycles. The van der Waals surface area contributed by atoms with E-state index in [1.54, 1.807) is 12.2 Å². The molecule has 124 valence electrons. The van der Waals surface area contributed by atoms with Crippen LogP contribution in [0.1, 0.15) is 13.3 Å². The lowest BCUT2D eigenvalue weighted by Gasteiger charge is -2.14. The molecule has 0 amide bonds. The number of allylic oxidation sites excluding steroid dienone is 1. The first-order valence-corrected chi connectivity index (χ1v) is 7.17. The maximum atomic E-state index is 9.45. The largest absolute Gasteiger partial charge is 0.389 e. The smallest absolute Gasteiger partial charge is 0.0897 e. The summed E-state index contributed by atoms with van der Waals surface area (Å²) in [5.74, 6) is 0. The van der Waals surface area contributed by atoms with Gasteiger partial charge in [-0.05, 0) is 6.42 Å². The summed E-state index contributed by atoms with van der Waals surface area (Å²) >= 11 is 0. The predicted octanol–water partition coefficient (Wildman–Crippen LogP) is 1.29. The van der Waals surface area contributed by atoms with Gasteiger partial charge < -0.3 is 25.0 Å². The van der Waals surface area contributed by atoms with Crippen LogP contribution in [-0.4, -0.2) is 61.9 Å². The van der Waals surface area contributed by atoms with Crippen molar-refractivity contribution in [3.8, 4) is 0 Å². The van der Waals surface area contributed by atoms with Crippen molar-refractivity contribution in [3.05, 3.63) is 38.0 Å². The third-order valence-electron chi connectivity index (χ3n) is 2.14. The number of hydrogen-bond acceptors (Lipinski definition) is 5. The molecule has 0 spiro atoms. The third kappa shape index (κ3) is 21.5. The van der Waals surface area contributed by atoms with Crippen LogP contribution in [0.25, 0.3) is 0 Å². The average Bonchev–Trinajstić information content (AvgIpc) is 2.48. The van der Waals surface area contributed by atoms with E-state index in [2.05, 4.69) is 32.0 Å². The highest BCUT2D eigenvalue weighted by Crippen LogP contribution is 1.87. The number of aliphatic hydroxyl groups excluding tert-OH is 2. The Bertz CT molecular complexity index is 226. The van der Waals surface area contributed by atoms with E-state index in [-0.39, 0.29) is 13.2 Å². The van der Waals surface area contributed by atoms with Crippen LogP contribution in [0.5, 0.6) is 0 Å². The van der Waals surface area contributed by atoms with E-state index in [0.29, 0.717) is 26.3 Å². The van der Waals surface area contributed by atoms with Gasteiger partial charge in [0.25, 0.3) is 0 Å². The Morgan fingerprint density at radius 3 is 1.57 bits per heavy atom. The number of nitrogens with one attached hydrogen (secondary N) is 1.